The number of nitrogens with two attached hydrogens (primary N) is 1. The molecule has 184 valence electrons. The van der Waals surface area contributed by atoms with Crippen LogP contribution in [0.4, 0.5) is 5.69 Å². The van der Waals surface area contributed by atoms with Crippen molar-refractivity contribution in [3.63, 3.8) is 0 Å². The van der Waals surface area contributed by atoms with E-state index in [2.05, 4.69) is 35.0 Å². The van der Waals surface area contributed by atoms with E-state index in [9.17, 15) is 14.4 Å². The van der Waals surface area contributed by atoms with E-state index in [1.807, 2.05) is 18.2 Å². The molecule has 1 atom stereocenters. The Morgan fingerprint density at radius 3 is 2.66 bits per heavy atom. The normalized spacial score (nSPS) is 17.2. The zero-order valence-corrected chi connectivity index (χ0v) is 20.3. The van der Waals surface area contributed by atoms with Crippen molar-refractivity contribution in [2.45, 2.75) is 50.7 Å². The van der Waals surface area contributed by atoms with Crippen molar-refractivity contribution in [2.24, 2.45) is 0 Å². The number of aldehydes is 1. The second-order valence-corrected chi connectivity index (χ2v) is 9.48. The van der Waals surface area contributed by atoms with E-state index >= 15 is 0 Å². The second-order valence-electron chi connectivity index (χ2n) is 9.48. The van der Waals surface area contributed by atoms with Crippen LogP contribution in [-0.2, 0) is 22.7 Å². The molecule has 2 aromatic carbocycles. The Morgan fingerprint density at radius 2 is 2.00 bits per heavy atom. The second kappa shape index (κ2) is 10.9. The van der Waals surface area contributed by atoms with Gasteiger partial charge in [-0.25, -0.2) is 0 Å². The minimum absolute atomic E-state index is 0.128. The van der Waals surface area contributed by atoms with Crippen molar-refractivity contribution >= 4 is 29.9 Å². The van der Waals surface area contributed by atoms with Crippen molar-refractivity contribution in [3.05, 3.63) is 70.8 Å². The van der Waals surface area contributed by atoms with Gasteiger partial charge in [0.2, 0.25) is 5.91 Å². The first-order valence-electron chi connectivity index (χ1n) is 12.3. The zero-order chi connectivity index (χ0) is 24.9. The van der Waals surface area contributed by atoms with Gasteiger partial charge < -0.3 is 20.7 Å². The minimum Gasteiger partial charge on any atom is -0.398 e. The predicted molar refractivity (Wildman–Crippen MR) is 138 cm³/mol. The Morgan fingerprint density at radius 1 is 1.23 bits per heavy atom. The van der Waals surface area contributed by atoms with Gasteiger partial charge in [-0.15, -0.1) is 0 Å². The maximum absolute atomic E-state index is 12.9. The third-order valence-electron chi connectivity index (χ3n) is 7.30. The molecule has 35 heavy (non-hydrogen) atoms. The molecular formula is C28H34N4O3. The van der Waals surface area contributed by atoms with Crippen LogP contribution in [0.15, 0.2) is 43.0 Å². The first-order valence-corrected chi connectivity index (χ1v) is 12.3. The summed E-state index contributed by atoms with van der Waals surface area (Å²) in [5.74, 6) is 0.188. The first-order chi connectivity index (χ1) is 16.9. The highest BCUT2D eigenvalue weighted by Crippen LogP contribution is 2.33. The standard InChI is InChI=1S/C28H34N4O3/c1-3-20-5-4-19(14-26(20)29)16-31-12-10-21(11-13-31)22-6-8-25-23(15-22)17-32(28(25)35)24(18-33)7-9-27(34)30-2/h3-6,8,14-15,18,21,24H,1,7,9-13,16-17,29H2,2H3,(H,30,34). The SMILES string of the molecule is C=Cc1ccc(CN2CCC(c3ccc4c(c3)CN(C(C=O)CCC(=O)NC)C4=O)CC2)cc1N. The smallest absolute Gasteiger partial charge is 0.255 e. The van der Waals surface area contributed by atoms with E-state index in [1.54, 1.807) is 18.0 Å². The number of likely N-dealkylation sites (tertiary alicyclic amines) is 1. The van der Waals surface area contributed by atoms with Gasteiger partial charge in [0.15, 0.2) is 0 Å². The lowest BCUT2D eigenvalue weighted by molar-refractivity contribution is -0.121. The fourth-order valence-electron chi connectivity index (χ4n) is 5.18. The molecule has 3 N–H and O–H groups in total. The van der Waals surface area contributed by atoms with E-state index < -0.39 is 6.04 Å². The maximum Gasteiger partial charge on any atom is 0.255 e. The molecule has 2 heterocycles. The summed E-state index contributed by atoms with van der Waals surface area (Å²) in [6, 6.07) is 11.7. The Bertz CT molecular complexity index is 1120. The van der Waals surface area contributed by atoms with Gasteiger partial charge >= 0.3 is 0 Å². The number of benzene rings is 2. The average Bonchev–Trinajstić information content (AvgIpc) is 3.20. The highest BCUT2D eigenvalue weighted by atomic mass is 16.2. The van der Waals surface area contributed by atoms with Gasteiger partial charge in [-0.3, -0.25) is 14.5 Å². The fourth-order valence-corrected chi connectivity index (χ4v) is 5.18. The molecule has 7 heteroatoms. The van der Waals surface area contributed by atoms with Crippen molar-refractivity contribution in [1.29, 1.82) is 0 Å². The van der Waals surface area contributed by atoms with E-state index in [1.165, 1.54) is 11.1 Å². The average molecular weight is 475 g/mol. The molecule has 7 nitrogen and oxygen atoms in total. The van der Waals surface area contributed by atoms with Gasteiger partial charge in [-0.05, 0) is 72.7 Å². The Labute approximate surface area is 207 Å². The van der Waals surface area contributed by atoms with Gasteiger partial charge in [0.25, 0.3) is 5.91 Å². The molecule has 0 radical (unpaired) electrons. The van der Waals surface area contributed by atoms with Gasteiger partial charge in [-0.1, -0.05) is 36.9 Å². The molecule has 0 bridgehead atoms. The van der Waals surface area contributed by atoms with Crippen molar-refractivity contribution in [1.82, 2.24) is 15.1 Å². The monoisotopic (exact) mass is 474 g/mol. The number of fused-ring (bicyclic) bond motifs is 1. The number of nitrogen functional groups attached to an aromatic ring is 1. The van der Waals surface area contributed by atoms with Crippen LogP contribution in [0.5, 0.6) is 0 Å². The Hall–Kier alpha value is -3.45. The topological polar surface area (TPSA) is 95.7 Å². The van der Waals surface area contributed by atoms with Crippen LogP contribution in [0.2, 0.25) is 0 Å². The number of amides is 2. The van der Waals surface area contributed by atoms with Crippen LogP contribution in [-0.4, -0.2) is 54.1 Å². The number of carbonyl (C=O) groups excluding carboxylic acids is 3. The number of piperidine rings is 1. The van der Waals surface area contributed by atoms with E-state index in [4.69, 9.17) is 5.73 Å². The number of hydrogen-bond donors (Lipinski definition) is 2. The summed E-state index contributed by atoms with van der Waals surface area (Å²) in [5, 5.41) is 2.56. The molecule has 1 fully saturated rings. The minimum atomic E-state index is -0.589. The third kappa shape index (κ3) is 5.46. The van der Waals surface area contributed by atoms with Gasteiger partial charge in [0.1, 0.15) is 6.29 Å². The fraction of sp³-hybridized carbons (Fsp3) is 0.393. The summed E-state index contributed by atoms with van der Waals surface area (Å²) in [6.45, 7) is 7.10. The number of nitrogens with one attached hydrogen (secondary N) is 1. The van der Waals surface area contributed by atoms with Crippen molar-refractivity contribution in [3.8, 4) is 0 Å². The lowest BCUT2D eigenvalue weighted by Gasteiger charge is -2.32. The van der Waals surface area contributed by atoms with Gasteiger partial charge in [0.05, 0.1) is 6.04 Å². The van der Waals surface area contributed by atoms with E-state index in [-0.39, 0.29) is 18.2 Å². The van der Waals surface area contributed by atoms with Gasteiger partial charge in [0, 0.05) is 37.8 Å². The van der Waals surface area contributed by atoms with Crippen LogP contribution < -0.4 is 11.1 Å². The number of nitrogens with zero attached hydrogens (tertiary/aromatic N) is 2. The molecule has 0 aromatic heterocycles. The lowest BCUT2D eigenvalue weighted by atomic mass is 9.87. The summed E-state index contributed by atoms with van der Waals surface area (Å²) in [4.78, 5) is 40.2. The molecular weight excluding hydrogens is 440 g/mol. The van der Waals surface area contributed by atoms with E-state index in [0.717, 1.165) is 55.6 Å². The molecule has 0 spiro atoms. The summed E-state index contributed by atoms with van der Waals surface area (Å²) >= 11 is 0. The quantitative estimate of drug-likeness (QED) is 0.429. The van der Waals surface area contributed by atoms with Crippen molar-refractivity contribution in [2.75, 3.05) is 25.9 Å². The Kier molecular flexibility index (Phi) is 7.66. The summed E-state index contributed by atoms with van der Waals surface area (Å²) in [6.07, 6.45) is 5.21. The number of rotatable bonds is 9. The highest BCUT2D eigenvalue weighted by molar-refractivity contribution is 5.99. The molecule has 4 rings (SSSR count). The summed E-state index contributed by atoms with van der Waals surface area (Å²) in [7, 11) is 1.57. The summed E-state index contributed by atoms with van der Waals surface area (Å²) in [5.41, 5.74) is 11.9. The number of anilines is 1. The van der Waals surface area contributed by atoms with Crippen LogP contribution >= 0.6 is 0 Å². The predicted octanol–water partition coefficient (Wildman–Crippen LogP) is 3.34. The van der Waals surface area contributed by atoms with Crippen LogP contribution in [0, 0.1) is 0 Å². The number of hydrogen-bond acceptors (Lipinski definition) is 5. The van der Waals surface area contributed by atoms with Gasteiger partial charge in [-0.2, -0.15) is 0 Å². The first kappa shape index (κ1) is 24.7. The van der Waals surface area contributed by atoms with Crippen molar-refractivity contribution < 1.29 is 14.4 Å². The molecule has 2 amide bonds. The molecule has 2 aromatic rings. The van der Waals surface area contributed by atoms with E-state index in [0.29, 0.717) is 24.4 Å². The molecule has 1 saturated heterocycles. The zero-order valence-electron chi connectivity index (χ0n) is 20.3. The van der Waals surface area contributed by atoms with Crippen LogP contribution in [0.3, 0.4) is 0 Å². The van der Waals surface area contributed by atoms with Crippen LogP contribution in [0.1, 0.15) is 64.2 Å². The molecule has 0 saturated carbocycles. The third-order valence-corrected chi connectivity index (χ3v) is 7.30. The van der Waals surface area contributed by atoms with Crippen LogP contribution in [0.25, 0.3) is 6.08 Å². The molecule has 2 aliphatic heterocycles. The summed E-state index contributed by atoms with van der Waals surface area (Å²) < 4.78 is 0. The largest absolute Gasteiger partial charge is 0.398 e. The maximum atomic E-state index is 12.9. The molecule has 2 aliphatic rings. The highest BCUT2D eigenvalue weighted by Gasteiger charge is 2.33. The Balaban J connectivity index is 1.36. The number of carbonyl (C=O) groups is 3. The molecule has 0 aliphatic carbocycles. The lowest BCUT2D eigenvalue weighted by Crippen LogP contribution is -2.37. The molecule has 1 unspecified atom stereocenters.